The van der Waals surface area contributed by atoms with Crippen LogP contribution >= 0.6 is 11.8 Å². The van der Waals surface area contributed by atoms with Gasteiger partial charge in [0.25, 0.3) is 0 Å². The minimum atomic E-state index is -3.54. The van der Waals surface area contributed by atoms with Gasteiger partial charge >= 0.3 is 0 Å². The Morgan fingerprint density at radius 1 is 1.37 bits per heavy atom. The molecule has 1 amide bonds. The van der Waals surface area contributed by atoms with Gasteiger partial charge in [-0.1, -0.05) is 17.8 Å². The first-order valence-electron chi connectivity index (χ1n) is 8.25. The Labute approximate surface area is 163 Å². The Morgan fingerprint density at radius 3 is 2.63 bits per heavy atom. The Bertz CT molecular complexity index is 892. The zero-order chi connectivity index (χ0) is 20.0. The highest BCUT2D eigenvalue weighted by molar-refractivity contribution is 7.99. The number of thioether (sulfide) groups is 1. The maximum atomic E-state index is 12.4. The number of nitrogens with one attached hydrogen (secondary N) is 1. The van der Waals surface area contributed by atoms with Crippen LogP contribution in [0.4, 0.5) is 5.69 Å². The van der Waals surface area contributed by atoms with Crippen LogP contribution in [0.2, 0.25) is 0 Å². The van der Waals surface area contributed by atoms with Gasteiger partial charge in [0.1, 0.15) is 6.33 Å². The van der Waals surface area contributed by atoms with E-state index in [0.717, 1.165) is 0 Å². The first kappa shape index (κ1) is 21.1. The van der Waals surface area contributed by atoms with E-state index in [1.807, 2.05) is 0 Å². The molecule has 0 unspecified atom stereocenters. The van der Waals surface area contributed by atoms with Crippen LogP contribution in [0, 0.1) is 0 Å². The lowest BCUT2D eigenvalue weighted by atomic mass is 10.3. The molecule has 10 heteroatoms. The van der Waals surface area contributed by atoms with Crippen molar-refractivity contribution in [1.29, 1.82) is 0 Å². The van der Waals surface area contributed by atoms with Gasteiger partial charge in [0, 0.05) is 25.3 Å². The van der Waals surface area contributed by atoms with Gasteiger partial charge in [0.05, 0.1) is 10.6 Å². The zero-order valence-corrected chi connectivity index (χ0v) is 17.1. The predicted molar refractivity (Wildman–Crippen MR) is 106 cm³/mol. The number of carbonyl (C=O) groups is 1. The van der Waals surface area contributed by atoms with Crippen molar-refractivity contribution in [1.82, 2.24) is 19.1 Å². The number of sulfonamides is 1. The summed E-state index contributed by atoms with van der Waals surface area (Å²) in [4.78, 5) is 12.3. The number of aromatic nitrogens is 3. The summed E-state index contributed by atoms with van der Waals surface area (Å²) < 4.78 is 28.0. The van der Waals surface area contributed by atoms with Crippen molar-refractivity contribution in [3.8, 4) is 0 Å². The van der Waals surface area contributed by atoms with Gasteiger partial charge in [-0.3, -0.25) is 4.79 Å². The molecule has 0 saturated carbocycles. The van der Waals surface area contributed by atoms with E-state index in [-0.39, 0.29) is 22.6 Å². The maximum absolute atomic E-state index is 12.4. The Hall–Kier alpha value is -2.17. The summed E-state index contributed by atoms with van der Waals surface area (Å²) in [7, 11) is -2.00. The first-order valence-corrected chi connectivity index (χ1v) is 10.7. The highest BCUT2D eigenvalue weighted by Gasteiger charge is 2.22. The smallest absolute Gasteiger partial charge is 0.243 e. The quantitative estimate of drug-likeness (QED) is 0.504. The van der Waals surface area contributed by atoms with Crippen LogP contribution in [0.5, 0.6) is 0 Å². The number of hydrogen-bond acceptors (Lipinski definition) is 6. The molecule has 0 aliphatic rings. The molecule has 0 bridgehead atoms. The van der Waals surface area contributed by atoms with Crippen molar-refractivity contribution in [2.45, 2.75) is 36.5 Å². The molecule has 0 radical (unpaired) electrons. The summed E-state index contributed by atoms with van der Waals surface area (Å²) in [6.45, 7) is 7.84. The van der Waals surface area contributed by atoms with Gasteiger partial charge in [0.2, 0.25) is 15.9 Å². The van der Waals surface area contributed by atoms with E-state index in [4.69, 9.17) is 0 Å². The third kappa shape index (κ3) is 5.41. The Kier molecular flexibility index (Phi) is 7.17. The highest BCUT2D eigenvalue weighted by Crippen LogP contribution is 2.20. The van der Waals surface area contributed by atoms with Crippen LogP contribution in [0.25, 0.3) is 0 Å². The van der Waals surface area contributed by atoms with E-state index in [0.29, 0.717) is 17.4 Å². The summed E-state index contributed by atoms with van der Waals surface area (Å²) in [6, 6.07) is 5.97. The van der Waals surface area contributed by atoms with Crippen molar-refractivity contribution in [2.75, 3.05) is 18.1 Å². The number of nitrogens with zero attached hydrogens (tertiary/aromatic N) is 4. The van der Waals surface area contributed by atoms with Crippen molar-refractivity contribution < 1.29 is 13.2 Å². The number of anilines is 1. The van der Waals surface area contributed by atoms with Gasteiger partial charge in [-0.25, -0.2) is 8.42 Å². The lowest BCUT2D eigenvalue weighted by Gasteiger charge is -2.21. The van der Waals surface area contributed by atoms with Gasteiger partial charge < -0.3 is 9.88 Å². The van der Waals surface area contributed by atoms with Crippen molar-refractivity contribution >= 4 is 33.4 Å². The van der Waals surface area contributed by atoms with E-state index in [1.165, 1.54) is 35.2 Å². The number of allylic oxidation sites excluding steroid dienone is 1. The topological polar surface area (TPSA) is 97.2 Å². The fourth-order valence-corrected chi connectivity index (χ4v) is 4.19. The monoisotopic (exact) mass is 409 g/mol. The Balaban J connectivity index is 1.97. The molecule has 0 saturated heterocycles. The van der Waals surface area contributed by atoms with E-state index >= 15 is 0 Å². The molecule has 27 heavy (non-hydrogen) atoms. The van der Waals surface area contributed by atoms with Gasteiger partial charge in [-0.2, -0.15) is 4.31 Å². The van der Waals surface area contributed by atoms with Gasteiger partial charge in [0.15, 0.2) is 5.16 Å². The zero-order valence-electron chi connectivity index (χ0n) is 15.5. The molecule has 0 aliphatic heterocycles. The molecule has 2 rings (SSSR count). The first-order chi connectivity index (χ1) is 12.8. The molecule has 146 valence electrons. The van der Waals surface area contributed by atoms with Crippen LogP contribution < -0.4 is 5.32 Å². The molecule has 2 aromatic rings. The molecule has 0 atom stereocenters. The average molecular weight is 410 g/mol. The van der Waals surface area contributed by atoms with Crippen LogP contribution in [0.15, 0.2) is 53.3 Å². The molecule has 1 aromatic carbocycles. The highest BCUT2D eigenvalue weighted by atomic mass is 32.2. The van der Waals surface area contributed by atoms with Gasteiger partial charge in [-0.05, 0) is 38.1 Å². The van der Waals surface area contributed by atoms with Crippen LogP contribution in [0.1, 0.15) is 13.8 Å². The average Bonchev–Trinajstić information content (AvgIpc) is 3.07. The van der Waals surface area contributed by atoms with Crippen LogP contribution in [-0.2, 0) is 21.4 Å². The van der Waals surface area contributed by atoms with E-state index in [1.54, 1.807) is 43.0 Å². The molecule has 1 heterocycles. The molecular weight excluding hydrogens is 386 g/mol. The molecular formula is C17H23N5O3S2. The number of carbonyl (C=O) groups excluding carboxylic acids is 1. The minimum Gasteiger partial charge on any atom is -0.325 e. The summed E-state index contributed by atoms with van der Waals surface area (Å²) in [5.41, 5.74) is 0.527. The predicted octanol–water partition coefficient (Wildman–Crippen LogP) is 2.22. The normalized spacial score (nSPS) is 11.7. The lowest BCUT2D eigenvalue weighted by molar-refractivity contribution is -0.113. The number of rotatable bonds is 9. The second-order valence-corrected chi connectivity index (χ2v) is 8.97. The number of benzene rings is 1. The summed E-state index contributed by atoms with van der Waals surface area (Å²) in [5, 5.41) is 11.1. The fraction of sp³-hybridized carbons (Fsp3) is 0.353. The van der Waals surface area contributed by atoms with E-state index < -0.39 is 10.0 Å². The Morgan fingerprint density at radius 2 is 2.04 bits per heavy atom. The molecule has 8 nitrogen and oxygen atoms in total. The van der Waals surface area contributed by atoms with Crippen molar-refractivity contribution in [3.05, 3.63) is 43.2 Å². The van der Waals surface area contributed by atoms with E-state index in [9.17, 15) is 13.2 Å². The molecule has 1 aromatic heterocycles. The second-order valence-electron chi connectivity index (χ2n) is 6.03. The SMILES string of the molecule is C=CCn1cnnc1SCC(=O)Nc1ccc(S(=O)(=O)N(C)C(C)C)cc1. The minimum absolute atomic E-state index is 0.144. The maximum Gasteiger partial charge on any atom is 0.243 e. The number of amides is 1. The van der Waals surface area contributed by atoms with Crippen LogP contribution in [-0.4, -0.2) is 52.2 Å². The fourth-order valence-electron chi connectivity index (χ4n) is 2.10. The molecule has 0 fully saturated rings. The summed E-state index contributed by atoms with van der Waals surface area (Å²) in [6.07, 6.45) is 3.30. The van der Waals surface area contributed by atoms with Crippen molar-refractivity contribution in [3.63, 3.8) is 0 Å². The summed E-state index contributed by atoms with van der Waals surface area (Å²) >= 11 is 1.26. The standard InChI is InChI=1S/C17H23N5O3S2/c1-5-10-22-12-18-20-17(22)26-11-16(23)19-14-6-8-15(9-7-14)27(24,25)21(4)13(2)3/h5-9,12-13H,1,10-11H2,2-4H3,(H,19,23). The largest absolute Gasteiger partial charge is 0.325 e. The van der Waals surface area contributed by atoms with Crippen molar-refractivity contribution in [2.24, 2.45) is 0 Å². The van der Waals surface area contributed by atoms with Gasteiger partial charge in [-0.15, -0.1) is 16.8 Å². The number of hydrogen-bond donors (Lipinski definition) is 1. The lowest BCUT2D eigenvalue weighted by Crippen LogP contribution is -2.33. The third-order valence-corrected chi connectivity index (χ3v) is 6.81. The second kappa shape index (κ2) is 9.16. The summed E-state index contributed by atoms with van der Waals surface area (Å²) in [5.74, 6) is -0.0607. The third-order valence-electron chi connectivity index (χ3n) is 3.78. The molecule has 1 N–H and O–H groups in total. The molecule has 0 aliphatic carbocycles. The van der Waals surface area contributed by atoms with E-state index in [2.05, 4.69) is 22.1 Å². The van der Waals surface area contributed by atoms with Crippen LogP contribution in [0.3, 0.4) is 0 Å². The molecule has 0 spiro atoms.